The molecule has 0 radical (unpaired) electrons. The summed E-state index contributed by atoms with van der Waals surface area (Å²) in [6.45, 7) is 2.27. The summed E-state index contributed by atoms with van der Waals surface area (Å²) in [6.07, 6.45) is 2.75. The van der Waals surface area contributed by atoms with Gasteiger partial charge in [0.25, 0.3) is 0 Å². The molecular formula is C26H31BrFN3O6S. The van der Waals surface area contributed by atoms with Crippen molar-refractivity contribution >= 4 is 26.0 Å². The second-order valence-corrected chi connectivity index (χ2v) is 11.8. The van der Waals surface area contributed by atoms with Gasteiger partial charge in [-0.3, -0.25) is 0 Å². The number of benzene rings is 2. The van der Waals surface area contributed by atoms with E-state index in [1.807, 2.05) is 0 Å². The van der Waals surface area contributed by atoms with Crippen molar-refractivity contribution in [3.05, 3.63) is 70.2 Å². The van der Waals surface area contributed by atoms with Gasteiger partial charge in [0.05, 0.1) is 32.9 Å². The SMILES string of the molecule is COc1ccc(CN(Cc2ccc(OC)cc2OC)S(=O)(=O)[C@@H](C)[C@@](C)(F)c2ncc(Br)cn2)c(OC)c1. The van der Waals surface area contributed by atoms with Crippen LogP contribution in [0.5, 0.6) is 23.0 Å². The Morgan fingerprint density at radius 1 is 0.895 bits per heavy atom. The van der Waals surface area contributed by atoms with Gasteiger partial charge in [0.1, 0.15) is 28.2 Å². The molecule has 206 valence electrons. The minimum absolute atomic E-state index is 0.105. The molecule has 3 rings (SSSR count). The van der Waals surface area contributed by atoms with Crippen LogP contribution in [-0.2, 0) is 28.8 Å². The maximum absolute atomic E-state index is 16.1. The van der Waals surface area contributed by atoms with Crippen LogP contribution in [0, 0.1) is 0 Å². The summed E-state index contributed by atoms with van der Waals surface area (Å²) < 4.78 is 67.5. The van der Waals surface area contributed by atoms with Gasteiger partial charge < -0.3 is 18.9 Å². The Morgan fingerprint density at radius 3 is 1.74 bits per heavy atom. The molecule has 2 aromatic carbocycles. The van der Waals surface area contributed by atoms with E-state index in [9.17, 15) is 8.42 Å². The molecule has 1 aromatic heterocycles. The van der Waals surface area contributed by atoms with Crippen molar-refractivity contribution in [3.63, 3.8) is 0 Å². The monoisotopic (exact) mass is 611 g/mol. The fourth-order valence-electron chi connectivity index (χ4n) is 3.83. The van der Waals surface area contributed by atoms with Crippen LogP contribution in [0.3, 0.4) is 0 Å². The number of rotatable bonds is 12. The van der Waals surface area contributed by atoms with E-state index >= 15 is 4.39 Å². The van der Waals surface area contributed by atoms with Crippen LogP contribution in [0.4, 0.5) is 4.39 Å². The van der Waals surface area contributed by atoms with Crippen LogP contribution in [0.1, 0.15) is 30.8 Å². The molecule has 0 saturated carbocycles. The Hall–Kier alpha value is -2.96. The second kappa shape index (κ2) is 12.3. The summed E-state index contributed by atoms with van der Waals surface area (Å²) in [7, 11) is 1.71. The average Bonchev–Trinajstić information content (AvgIpc) is 2.92. The number of aromatic nitrogens is 2. The molecule has 0 N–H and O–H groups in total. The Kier molecular flexibility index (Phi) is 9.55. The predicted octanol–water partition coefficient (Wildman–Crippen LogP) is 4.88. The Morgan fingerprint density at radius 2 is 1.34 bits per heavy atom. The maximum Gasteiger partial charge on any atom is 0.220 e. The maximum atomic E-state index is 16.1. The van der Waals surface area contributed by atoms with E-state index in [4.69, 9.17) is 18.9 Å². The molecule has 0 spiro atoms. The molecule has 0 aliphatic rings. The number of nitrogens with zero attached hydrogens (tertiary/aromatic N) is 3. The van der Waals surface area contributed by atoms with Crippen molar-refractivity contribution in [1.29, 1.82) is 0 Å². The lowest BCUT2D eigenvalue weighted by Gasteiger charge is -2.32. The van der Waals surface area contributed by atoms with Crippen molar-refractivity contribution in [2.75, 3.05) is 28.4 Å². The zero-order valence-electron chi connectivity index (χ0n) is 22.1. The van der Waals surface area contributed by atoms with Crippen LogP contribution < -0.4 is 18.9 Å². The molecule has 1 heterocycles. The third kappa shape index (κ3) is 6.36. The fraction of sp³-hybridized carbons (Fsp3) is 0.385. The molecule has 0 aliphatic carbocycles. The van der Waals surface area contributed by atoms with Gasteiger partial charge in [-0.1, -0.05) is 12.1 Å². The van der Waals surface area contributed by atoms with Crippen molar-refractivity contribution in [2.45, 2.75) is 37.9 Å². The second-order valence-electron chi connectivity index (χ2n) is 8.61. The zero-order chi connectivity index (χ0) is 28.1. The number of hydrogen-bond acceptors (Lipinski definition) is 8. The minimum Gasteiger partial charge on any atom is -0.497 e. The van der Waals surface area contributed by atoms with Gasteiger partial charge in [-0.2, -0.15) is 4.31 Å². The lowest BCUT2D eigenvalue weighted by Crippen LogP contribution is -2.45. The van der Waals surface area contributed by atoms with Crippen LogP contribution in [-0.4, -0.2) is 56.4 Å². The highest BCUT2D eigenvalue weighted by molar-refractivity contribution is 9.10. The highest BCUT2D eigenvalue weighted by Gasteiger charge is 2.46. The first-order valence-corrected chi connectivity index (χ1v) is 13.8. The highest BCUT2D eigenvalue weighted by Crippen LogP contribution is 2.36. The summed E-state index contributed by atoms with van der Waals surface area (Å²) in [5.41, 5.74) is -1.26. The highest BCUT2D eigenvalue weighted by atomic mass is 79.9. The summed E-state index contributed by atoms with van der Waals surface area (Å²) in [6, 6.07) is 10.1. The standard InChI is InChI=1S/C26H31BrFN3O6S/c1-17(26(2,28)25-29-13-20(27)14-30-25)38(32,33)31(15-18-7-9-21(34-3)11-23(18)36-5)16-19-8-10-22(35-4)12-24(19)37-6/h7-14,17H,15-16H2,1-6H3/t17-,26+/m0/s1. The summed E-state index contributed by atoms with van der Waals surface area (Å²) in [5.74, 6) is 1.72. The number of ether oxygens (including phenoxy) is 4. The number of methoxy groups -OCH3 is 4. The van der Waals surface area contributed by atoms with E-state index in [0.29, 0.717) is 38.6 Å². The first-order chi connectivity index (χ1) is 18.0. The number of halogens is 2. The summed E-state index contributed by atoms with van der Waals surface area (Å²) in [5, 5.41) is -1.54. The normalized spacial score (nSPS) is 14.0. The van der Waals surface area contributed by atoms with Crippen LogP contribution in [0.2, 0.25) is 0 Å². The summed E-state index contributed by atoms with van der Waals surface area (Å²) >= 11 is 3.22. The molecule has 2 atom stereocenters. The van der Waals surface area contributed by atoms with E-state index in [1.165, 1.54) is 59.0 Å². The molecular weight excluding hydrogens is 581 g/mol. The smallest absolute Gasteiger partial charge is 0.220 e. The molecule has 0 saturated heterocycles. The number of sulfonamides is 1. The van der Waals surface area contributed by atoms with E-state index < -0.39 is 20.9 Å². The van der Waals surface area contributed by atoms with Crippen molar-refractivity contribution in [2.24, 2.45) is 0 Å². The molecule has 12 heteroatoms. The van der Waals surface area contributed by atoms with Crippen molar-refractivity contribution in [3.8, 4) is 23.0 Å². The van der Waals surface area contributed by atoms with E-state index in [1.54, 1.807) is 36.4 Å². The van der Waals surface area contributed by atoms with Crippen LogP contribution in [0.15, 0.2) is 53.3 Å². The molecule has 0 aliphatic heterocycles. The largest absolute Gasteiger partial charge is 0.497 e. The topological polar surface area (TPSA) is 100 Å². The lowest BCUT2D eigenvalue weighted by atomic mass is 10.0. The quantitative estimate of drug-likeness (QED) is 0.286. The van der Waals surface area contributed by atoms with Gasteiger partial charge in [-0.15, -0.1) is 0 Å². The molecule has 0 bridgehead atoms. The van der Waals surface area contributed by atoms with Crippen LogP contribution >= 0.6 is 15.9 Å². The van der Waals surface area contributed by atoms with E-state index in [-0.39, 0.29) is 18.9 Å². The van der Waals surface area contributed by atoms with Crippen molar-refractivity contribution < 1.29 is 31.8 Å². The molecule has 38 heavy (non-hydrogen) atoms. The average molecular weight is 613 g/mol. The fourth-order valence-corrected chi connectivity index (χ4v) is 5.79. The third-order valence-corrected chi connectivity index (χ3v) is 9.03. The van der Waals surface area contributed by atoms with Gasteiger partial charge in [-0.05, 0) is 41.9 Å². The Balaban J connectivity index is 2.08. The Bertz CT molecular complexity index is 1300. The van der Waals surface area contributed by atoms with E-state index in [2.05, 4.69) is 25.9 Å². The minimum atomic E-state index is -4.30. The van der Waals surface area contributed by atoms with Crippen molar-refractivity contribution in [1.82, 2.24) is 14.3 Å². The first-order valence-electron chi connectivity index (χ1n) is 11.6. The molecule has 0 amide bonds. The predicted molar refractivity (Wildman–Crippen MR) is 145 cm³/mol. The van der Waals surface area contributed by atoms with Gasteiger partial charge >= 0.3 is 0 Å². The number of alkyl halides is 1. The van der Waals surface area contributed by atoms with Gasteiger partial charge in [0.2, 0.25) is 10.0 Å². The lowest BCUT2D eigenvalue weighted by molar-refractivity contribution is 0.169. The Labute approximate surface area is 231 Å². The summed E-state index contributed by atoms with van der Waals surface area (Å²) in [4.78, 5) is 8.04. The van der Waals surface area contributed by atoms with Crippen LogP contribution in [0.25, 0.3) is 0 Å². The van der Waals surface area contributed by atoms with Gasteiger partial charge in [0.15, 0.2) is 11.5 Å². The molecule has 3 aromatic rings. The first kappa shape index (κ1) is 29.6. The van der Waals surface area contributed by atoms with Gasteiger partial charge in [0, 0.05) is 48.7 Å². The third-order valence-electron chi connectivity index (χ3n) is 6.31. The van der Waals surface area contributed by atoms with Gasteiger partial charge in [-0.25, -0.2) is 22.8 Å². The number of hydrogen-bond donors (Lipinski definition) is 0. The zero-order valence-corrected chi connectivity index (χ0v) is 24.5. The molecule has 0 unspecified atom stereocenters. The van der Waals surface area contributed by atoms with E-state index in [0.717, 1.165) is 0 Å². The molecule has 0 fully saturated rings. The molecule has 9 nitrogen and oxygen atoms in total.